The Morgan fingerprint density at radius 1 is 1.64 bits per heavy atom. The van der Waals surface area contributed by atoms with E-state index in [0.29, 0.717) is 5.56 Å². The SMILES string of the molecule is Cc1[nH]c2cnccc2c1C(=O)CN. The lowest BCUT2D eigenvalue weighted by atomic mass is 10.1. The van der Waals surface area contributed by atoms with Crippen molar-refractivity contribution >= 4 is 16.7 Å². The van der Waals surface area contributed by atoms with Gasteiger partial charge in [-0.3, -0.25) is 9.78 Å². The van der Waals surface area contributed by atoms with Gasteiger partial charge in [-0.1, -0.05) is 0 Å². The van der Waals surface area contributed by atoms with Crippen LogP contribution in [-0.2, 0) is 0 Å². The number of aryl methyl sites for hydroxylation is 1. The first-order chi connectivity index (χ1) is 6.74. The van der Waals surface area contributed by atoms with E-state index in [0.717, 1.165) is 16.6 Å². The van der Waals surface area contributed by atoms with Crippen molar-refractivity contribution in [1.29, 1.82) is 0 Å². The number of nitrogens with zero attached hydrogens (tertiary/aromatic N) is 1. The van der Waals surface area contributed by atoms with Gasteiger partial charge in [-0.15, -0.1) is 0 Å². The van der Waals surface area contributed by atoms with Crippen LogP contribution in [-0.4, -0.2) is 22.3 Å². The second-order valence-corrected chi connectivity index (χ2v) is 3.17. The van der Waals surface area contributed by atoms with Gasteiger partial charge in [0.1, 0.15) is 0 Å². The summed E-state index contributed by atoms with van der Waals surface area (Å²) in [5, 5.41) is 0.896. The first-order valence-corrected chi connectivity index (χ1v) is 4.39. The van der Waals surface area contributed by atoms with Crippen molar-refractivity contribution < 1.29 is 4.79 Å². The summed E-state index contributed by atoms with van der Waals surface area (Å²) in [4.78, 5) is 18.6. The molecule has 2 heterocycles. The molecule has 2 aromatic rings. The predicted octanol–water partition coefficient (Wildman–Crippen LogP) is 1.01. The Morgan fingerprint density at radius 3 is 3.14 bits per heavy atom. The van der Waals surface area contributed by atoms with Crippen molar-refractivity contribution in [1.82, 2.24) is 9.97 Å². The Labute approximate surface area is 81.1 Å². The van der Waals surface area contributed by atoms with Gasteiger partial charge >= 0.3 is 0 Å². The summed E-state index contributed by atoms with van der Waals surface area (Å²) in [6.45, 7) is 1.90. The molecule has 0 atom stereocenters. The number of H-pyrrole nitrogens is 1. The van der Waals surface area contributed by atoms with Crippen molar-refractivity contribution in [2.75, 3.05) is 6.54 Å². The Hall–Kier alpha value is -1.68. The van der Waals surface area contributed by atoms with Gasteiger partial charge in [-0.2, -0.15) is 0 Å². The Kier molecular flexibility index (Phi) is 2.05. The molecule has 3 N–H and O–H groups in total. The summed E-state index contributed by atoms with van der Waals surface area (Å²) >= 11 is 0. The van der Waals surface area contributed by atoms with Crippen LogP contribution in [0.4, 0.5) is 0 Å². The zero-order valence-corrected chi connectivity index (χ0v) is 7.87. The van der Waals surface area contributed by atoms with Crippen molar-refractivity contribution in [3.05, 3.63) is 29.7 Å². The molecule has 0 unspecified atom stereocenters. The van der Waals surface area contributed by atoms with Gasteiger partial charge in [-0.05, 0) is 13.0 Å². The van der Waals surface area contributed by atoms with Gasteiger partial charge in [0.25, 0.3) is 0 Å². The van der Waals surface area contributed by atoms with E-state index in [1.54, 1.807) is 12.4 Å². The van der Waals surface area contributed by atoms with E-state index in [-0.39, 0.29) is 12.3 Å². The number of nitrogens with two attached hydrogens (primary N) is 1. The van der Waals surface area contributed by atoms with Crippen LogP contribution in [0, 0.1) is 6.92 Å². The highest BCUT2D eigenvalue weighted by Crippen LogP contribution is 2.20. The minimum absolute atomic E-state index is 0.0378. The van der Waals surface area contributed by atoms with Gasteiger partial charge in [-0.25, -0.2) is 0 Å². The molecule has 0 aliphatic carbocycles. The number of ketones is 1. The number of carbonyl (C=O) groups is 1. The third-order valence-corrected chi connectivity index (χ3v) is 2.25. The van der Waals surface area contributed by atoms with Crippen molar-refractivity contribution in [3.8, 4) is 0 Å². The van der Waals surface area contributed by atoms with E-state index in [4.69, 9.17) is 5.73 Å². The van der Waals surface area contributed by atoms with E-state index in [2.05, 4.69) is 9.97 Å². The fraction of sp³-hybridized carbons (Fsp3) is 0.200. The summed E-state index contributed by atoms with van der Waals surface area (Å²) in [5.41, 5.74) is 7.76. The molecule has 2 aromatic heterocycles. The number of hydrogen-bond acceptors (Lipinski definition) is 3. The van der Waals surface area contributed by atoms with E-state index < -0.39 is 0 Å². The predicted molar refractivity (Wildman–Crippen MR) is 54.2 cm³/mol. The van der Waals surface area contributed by atoms with Crippen LogP contribution in [0.2, 0.25) is 0 Å². The minimum atomic E-state index is -0.0417. The standard InChI is InChI=1S/C10H11N3O/c1-6-10(9(14)4-11)7-2-3-12-5-8(7)13-6/h2-3,5,13H,4,11H2,1H3. The van der Waals surface area contributed by atoms with Crippen LogP contribution in [0.1, 0.15) is 16.1 Å². The normalized spacial score (nSPS) is 10.7. The highest BCUT2D eigenvalue weighted by atomic mass is 16.1. The lowest BCUT2D eigenvalue weighted by molar-refractivity contribution is 0.100. The number of rotatable bonds is 2. The zero-order chi connectivity index (χ0) is 10.1. The summed E-state index contributed by atoms with van der Waals surface area (Å²) < 4.78 is 0. The highest BCUT2D eigenvalue weighted by molar-refractivity contribution is 6.09. The summed E-state index contributed by atoms with van der Waals surface area (Å²) in [6, 6.07) is 1.82. The van der Waals surface area contributed by atoms with Gasteiger partial charge in [0.05, 0.1) is 18.3 Å². The number of aromatic amines is 1. The zero-order valence-electron chi connectivity index (χ0n) is 7.87. The fourth-order valence-corrected chi connectivity index (χ4v) is 1.64. The van der Waals surface area contributed by atoms with Crippen LogP contribution < -0.4 is 5.73 Å². The Bertz CT molecular complexity index is 487. The van der Waals surface area contributed by atoms with Gasteiger partial charge < -0.3 is 10.7 Å². The van der Waals surface area contributed by atoms with Gasteiger partial charge in [0.15, 0.2) is 5.78 Å². The molecule has 14 heavy (non-hydrogen) atoms. The third-order valence-electron chi connectivity index (χ3n) is 2.25. The van der Waals surface area contributed by atoms with Crippen LogP contribution >= 0.6 is 0 Å². The summed E-state index contributed by atoms with van der Waals surface area (Å²) in [6.07, 6.45) is 3.37. The van der Waals surface area contributed by atoms with E-state index in [1.165, 1.54) is 0 Å². The van der Waals surface area contributed by atoms with Crippen LogP contribution in [0.15, 0.2) is 18.5 Å². The molecule has 2 rings (SSSR count). The number of Topliss-reactive ketones (excluding diaryl/α,β-unsaturated/α-hetero) is 1. The molecule has 72 valence electrons. The molecule has 4 nitrogen and oxygen atoms in total. The minimum Gasteiger partial charge on any atom is -0.357 e. The first-order valence-electron chi connectivity index (χ1n) is 4.39. The molecule has 0 aliphatic heterocycles. The molecule has 0 spiro atoms. The second kappa shape index (κ2) is 3.23. The maximum absolute atomic E-state index is 11.5. The van der Waals surface area contributed by atoms with Crippen molar-refractivity contribution in [2.24, 2.45) is 5.73 Å². The highest BCUT2D eigenvalue weighted by Gasteiger charge is 2.13. The molecule has 0 aliphatic rings. The van der Waals surface area contributed by atoms with Gasteiger partial charge in [0, 0.05) is 22.8 Å². The fourth-order valence-electron chi connectivity index (χ4n) is 1.64. The molecule has 4 heteroatoms. The molecule has 0 radical (unpaired) electrons. The first kappa shape index (κ1) is 8.90. The number of fused-ring (bicyclic) bond motifs is 1. The number of carbonyl (C=O) groups excluding carboxylic acids is 1. The quantitative estimate of drug-likeness (QED) is 0.692. The molecular weight excluding hydrogens is 178 g/mol. The number of aromatic nitrogens is 2. The van der Waals surface area contributed by atoms with Crippen molar-refractivity contribution in [3.63, 3.8) is 0 Å². The van der Waals surface area contributed by atoms with Gasteiger partial charge in [0.2, 0.25) is 0 Å². The summed E-state index contributed by atoms with van der Waals surface area (Å²) in [5.74, 6) is -0.0417. The maximum Gasteiger partial charge on any atom is 0.178 e. The Balaban J connectivity index is 2.74. The average molecular weight is 189 g/mol. The molecule has 0 saturated heterocycles. The van der Waals surface area contributed by atoms with Crippen LogP contribution in [0.25, 0.3) is 10.9 Å². The lowest BCUT2D eigenvalue weighted by Gasteiger charge is -1.96. The van der Waals surface area contributed by atoms with Crippen LogP contribution in [0.3, 0.4) is 0 Å². The summed E-state index contributed by atoms with van der Waals surface area (Å²) in [7, 11) is 0. The van der Waals surface area contributed by atoms with Crippen molar-refractivity contribution in [2.45, 2.75) is 6.92 Å². The maximum atomic E-state index is 11.5. The van der Waals surface area contributed by atoms with E-state index in [9.17, 15) is 4.79 Å². The molecule has 0 fully saturated rings. The molecular formula is C10H11N3O. The second-order valence-electron chi connectivity index (χ2n) is 3.17. The topological polar surface area (TPSA) is 71.8 Å². The molecule has 0 saturated carbocycles. The third kappa shape index (κ3) is 1.20. The molecule has 0 bridgehead atoms. The van der Waals surface area contributed by atoms with E-state index in [1.807, 2.05) is 13.0 Å². The lowest BCUT2D eigenvalue weighted by Crippen LogP contribution is -2.14. The molecule has 0 amide bonds. The van der Waals surface area contributed by atoms with E-state index >= 15 is 0 Å². The number of nitrogens with one attached hydrogen (secondary N) is 1. The largest absolute Gasteiger partial charge is 0.357 e. The smallest absolute Gasteiger partial charge is 0.178 e. The number of pyridine rings is 1. The monoisotopic (exact) mass is 189 g/mol. The van der Waals surface area contributed by atoms with Crippen LogP contribution in [0.5, 0.6) is 0 Å². The molecule has 0 aromatic carbocycles. The average Bonchev–Trinajstić information content (AvgIpc) is 2.53. The Morgan fingerprint density at radius 2 is 2.43 bits per heavy atom. The number of hydrogen-bond donors (Lipinski definition) is 2.